The molecule has 2 aromatic carbocycles. The molecular weight excluding hydrogens is 294 g/mol. The quantitative estimate of drug-likeness (QED) is 0.506. The fraction of sp³-hybridized carbons (Fsp3) is 0.176. The number of aryl methyl sites for hydroxylation is 1. The summed E-state index contributed by atoms with van der Waals surface area (Å²) in [6, 6.07) is 13.8. The number of hydrogen-bond acceptors (Lipinski definition) is 4. The van der Waals surface area contributed by atoms with E-state index in [9.17, 15) is 14.9 Å². The SMILES string of the molecule is CCc1ccc(C=NNC(=O)Cc2ccc([N+](=O)[O-])cc2)cc1. The molecule has 6 nitrogen and oxygen atoms in total. The van der Waals surface area contributed by atoms with E-state index in [1.54, 1.807) is 18.3 Å². The first-order valence-corrected chi connectivity index (χ1v) is 7.22. The highest BCUT2D eigenvalue weighted by Crippen LogP contribution is 2.12. The lowest BCUT2D eigenvalue weighted by molar-refractivity contribution is -0.384. The monoisotopic (exact) mass is 311 g/mol. The van der Waals surface area contributed by atoms with Gasteiger partial charge in [0.15, 0.2) is 0 Å². The van der Waals surface area contributed by atoms with Gasteiger partial charge in [0.2, 0.25) is 5.91 Å². The van der Waals surface area contributed by atoms with Crippen molar-refractivity contribution in [3.63, 3.8) is 0 Å². The van der Waals surface area contributed by atoms with Gasteiger partial charge in [-0.2, -0.15) is 5.10 Å². The molecule has 23 heavy (non-hydrogen) atoms. The fourth-order valence-electron chi connectivity index (χ4n) is 1.98. The molecule has 0 heterocycles. The lowest BCUT2D eigenvalue weighted by Crippen LogP contribution is -2.19. The van der Waals surface area contributed by atoms with E-state index >= 15 is 0 Å². The van der Waals surface area contributed by atoms with E-state index in [2.05, 4.69) is 17.5 Å². The van der Waals surface area contributed by atoms with E-state index in [0.717, 1.165) is 12.0 Å². The molecule has 2 aromatic rings. The van der Waals surface area contributed by atoms with E-state index in [1.807, 2.05) is 24.3 Å². The number of non-ortho nitro benzene ring substituents is 1. The Bertz CT molecular complexity index is 707. The number of nitrogens with one attached hydrogen (secondary N) is 1. The zero-order chi connectivity index (χ0) is 16.7. The molecular formula is C17H17N3O3. The van der Waals surface area contributed by atoms with Crippen LogP contribution in [0.1, 0.15) is 23.6 Å². The predicted octanol–water partition coefficient (Wildman–Crippen LogP) is 2.85. The molecule has 1 N–H and O–H groups in total. The van der Waals surface area contributed by atoms with Crippen molar-refractivity contribution in [3.05, 3.63) is 75.3 Å². The van der Waals surface area contributed by atoms with Gasteiger partial charge in [0.1, 0.15) is 0 Å². The van der Waals surface area contributed by atoms with Gasteiger partial charge in [0.05, 0.1) is 17.6 Å². The van der Waals surface area contributed by atoms with E-state index in [0.29, 0.717) is 5.56 Å². The van der Waals surface area contributed by atoms with Crippen LogP contribution < -0.4 is 5.43 Å². The second kappa shape index (κ2) is 7.84. The molecule has 0 fully saturated rings. The Morgan fingerprint density at radius 2 is 1.74 bits per heavy atom. The van der Waals surface area contributed by atoms with Crippen molar-refractivity contribution in [1.29, 1.82) is 0 Å². The van der Waals surface area contributed by atoms with E-state index < -0.39 is 4.92 Å². The maximum atomic E-state index is 11.8. The number of carbonyl (C=O) groups is 1. The molecule has 0 radical (unpaired) electrons. The van der Waals surface area contributed by atoms with Crippen LogP contribution in [0.3, 0.4) is 0 Å². The summed E-state index contributed by atoms with van der Waals surface area (Å²) in [5.41, 5.74) is 5.28. The Balaban J connectivity index is 1.86. The van der Waals surface area contributed by atoms with Crippen LogP contribution in [-0.2, 0) is 17.6 Å². The summed E-state index contributed by atoms with van der Waals surface area (Å²) < 4.78 is 0. The third kappa shape index (κ3) is 5.03. The predicted molar refractivity (Wildman–Crippen MR) is 88.4 cm³/mol. The number of hydrazone groups is 1. The van der Waals surface area contributed by atoms with Crippen LogP contribution in [0.5, 0.6) is 0 Å². The van der Waals surface area contributed by atoms with Crippen LogP contribution in [0.2, 0.25) is 0 Å². The van der Waals surface area contributed by atoms with Crippen molar-refractivity contribution in [2.24, 2.45) is 5.10 Å². The number of nitro groups is 1. The minimum atomic E-state index is -0.474. The molecule has 0 aliphatic rings. The number of nitrogens with zero attached hydrogens (tertiary/aromatic N) is 2. The number of rotatable bonds is 6. The molecule has 0 unspecified atom stereocenters. The summed E-state index contributed by atoms with van der Waals surface area (Å²) in [7, 11) is 0. The molecule has 0 saturated carbocycles. The number of carbonyl (C=O) groups excluding carboxylic acids is 1. The zero-order valence-corrected chi connectivity index (χ0v) is 12.7. The molecule has 0 spiro atoms. The molecule has 0 saturated heterocycles. The normalized spacial score (nSPS) is 10.7. The summed E-state index contributed by atoms with van der Waals surface area (Å²) in [5, 5.41) is 14.5. The molecule has 2 rings (SSSR count). The Kier molecular flexibility index (Phi) is 5.57. The summed E-state index contributed by atoms with van der Waals surface area (Å²) in [6.45, 7) is 2.08. The first-order chi connectivity index (χ1) is 11.1. The number of hydrogen-bond donors (Lipinski definition) is 1. The van der Waals surface area contributed by atoms with Gasteiger partial charge < -0.3 is 0 Å². The van der Waals surface area contributed by atoms with Gasteiger partial charge >= 0.3 is 0 Å². The van der Waals surface area contributed by atoms with E-state index in [4.69, 9.17) is 0 Å². The van der Waals surface area contributed by atoms with E-state index in [1.165, 1.54) is 17.7 Å². The van der Waals surface area contributed by atoms with Crippen LogP contribution in [-0.4, -0.2) is 17.0 Å². The van der Waals surface area contributed by atoms with Crippen molar-refractivity contribution < 1.29 is 9.72 Å². The average Bonchev–Trinajstić information content (AvgIpc) is 2.56. The summed E-state index contributed by atoms with van der Waals surface area (Å²) >= 11 is 0. The van der Waals surface area contributed by atoms with Gasteiger partial charge in [-0.05, 0) is 23.1 Å². The Hall–Kier alpha value is -3.02. The highest BCUT2D eigenvalue weighted by atomic mass is 16.6. The van der Waals surface area contributed by atoms with Gasteiger partial charge in [-0.25, -0.2) is 5.43 Å². The van der Waals surface area contributed by atoms with Crippen molar-refractivity contribution in [1.82, 2.24) is 5.43 Å². The number of benzene rings is 2. The summed E-state index contributed by atoms with van der Waals surface area (Å²) in [6.07, 6.45) is 2.67. The highest BCUT2D eigenvalue weighted by molar-refractivity contribution is 5.83. The second-order valence-electron chi connectivity index (χ2n) is 4.99. The zero-order valence-electron chi connectivity index (χ0n) is 12.7. The van der Waals surface area contributed by atoms with Gasteiger partial charge in [-0.3, -0.25) is 14.9 Å². The van der Waals surface area contributed by atoms with E-state index in [-0.39, 0.29) is 18.0 Å². The molecule has 0 aliphatic carbocycles. The maximum absolute atomic E-state index is 11.8. The lowest BCUT2D eigenvalue weighted by Gasteiger charge is -2.01. The molecule has 6 heteroatoms. The topological polar surface area (TPSA) is 84.6 Å². The first kappa shape index (κ1) is 16.4. The van der Waals surface area contributed by atoms with Gasteiger partial charge in [0, 0.05) is 12.1 Å². The molecule has 118 valence electrons. The van der Waals surface area contributed by atoms with Gasteiger partial charge in [-0.1, -0.05) is 43.3 Å². The van der Waals surface area contributed by atoms with Crippen molar-refractivity contribution in [2.75, 3.05) is 0 Å². The lowest BCUT2D eigenvalue weighted by atomic mass is 10.1. The van der Waals surface area contributed by atoms with Crippen molar-refractivity contribution in [2.45, 2.75) is 19.8 Å². The fourth-order valence-corrected chi connectivity index (χ4v) is 1.98. The smallest absolute Gasteiger partial charge is 0.269 e. The summed E-state index contributed by atoms with van der Waals surface area (Å²) in [4.78, 5) is 21.8. The van der Waals surface area contributed by atoms with Crippen LogP contribution in [0.4, 0.5) is 5.69 Å². The van der Waals surface area contributed by atoms with Gasteiger partial charge in [0.25, 0.3) is 5.69 Å². The highest BCUT2D eigenvalue weighted by Gasteiger charge is 2.06. The summed E-state index contributed by atoms with van der Waals surface area (Å²) in [5.74, 6) is -0.278. The second-order valence-corrected chi connectivity index (χ2v) is 4.99. The molecule has 0 bridgehead atoms. The third-order valence-electron chi connectivity index (χ3n) is 3.30. The molecule has 1 amide bonds. The molecule has 0 aliphatic heterocycles. The Morgan fingerprint density at radius 1 is 1.13 bits per heavy atom. The first-order valence-electron chi connectivity index (χ1n) is 7.22. The average molecular weight is 311 g/mol. The Morgan fingerprint density at radius 3 is 2.30 bits per heavy atom. The molecule has 0 atom stereocenters. The van der Waals surface area contributed by atoms with Crippen LogP contribution >= 0.6 is 0 Å². The van der Waals surface area contributed by atoms with Crippen molar-refractivity contribution in [3.8, 4) is 0 Å². The number of amides is 1. The maximum Gasteiger partial charge on any atom is 0.269 e. The standard InChI is InChI=1S/C17H17N3O3/c1-2-13-3-5-15(6-4-13)12-18-19-17(21)11-14-7-9-16(10-8-14)20(22)23/h3-10,12H,2,11H2,1H3,(H,19,21). The van der Waals surface area contributed by atoms with Crippen LogP contribution in [0.15, 0.2) is 53.6 Å². The van der Waals surface area contributed by atoms with Gasteiger partial charge in [-0.15, -0.1) is 0 Å². The minimum absolute atomic E-state index is 0.00250. The Labute approximate surface area is 134 Å². The van der Waals surface area contributed by atoms with Crippen molar-refractivity contribution >= 4 is 17.8 Å². The molecule has 0 aromatic heterocycles. The number of nitro benzene ring substituents is 1. The van der Waals surface area contributed by atoms with Crippen LogP contribution in [0.25, 0.3) is 0 Å². The minimum Gasteiger partial charge on any atom is -0.273 e. The largest absolute Gasteiger partial charge is 0.273 e. The third-order valence-corrected chi connectivity index (χ3v) is 3.30. The van der Waals surface area contributed by atoms with Crippen LogP contribution in [0, 0.1) is 10.1 Å².